The summed E-state index contributed by atoms with van der Waals surface area (Å²) in [5, 5.41) is 0. The molecule has 0 aliphatic carbocycles. The molecule has 1 aromatic rings. The molecule has 0 aromatic heterocycles. The molecule has 96 valence electrons. The largest absolute Gasteiger partial charge is 0.494 e. The van der Waals surface area contributed by atoms with Gasteiger partial charge in [0, 0.05) is 24.2 Å². The summed E-state index contributed by atoms with van der Waals surface area (Å²) < 4.78 is 5.60. The van der Waals surface area contributed by atoms with Gasteiger partial charge in [0.1, 0.15) is 5.75 Å². The van der Waals surface area contributed by atoms with Gasteiger partial charge in [-0.05, 0) is 33.9 Å². The van der Waals surface area contributed by atoms with Crippen molar-refractivity contribution in [1.29, 1.82) is 0 Å². The van der Waals surface area contributed by atoms with Crippen LogP contribution in [0.15, 0.2) is 24.3 Å². The average molecular weight is 236 g/mol. The standard InChI is InChI=1S/C14H24N2O/c1-5-17-14-9-7-6-8-12(14)13(15)10-16(4)11(2)3/h6-9,11,13H,5,10,15H2,1-4H3. The Morgan fingerprint density at radius 1 is 1.29 bits per heavy atom. The van der Waals surface area contributed by atoms with Crippen LogP contribution in [0.5, 0.6) is 5.75 Å². The molecule has 0 radical (unpaired) electrons. The van der Waals surface area contributed by atoms with E-state index in [-0.39, 0.29) is 6.04 Å². The summed E-state index contributed by atoms with van der Waals surface area (Å²) in [6, 6.07) is 8.50. The van der Waals surface area contributed by atoms with Crippen molar-refractivity contribution in [2.75, 3.05) is 20.2 Å². The number of benzene rings is 1. The fraction of sp³-hybridized carbons (Fsp3) is 0.571. The van der Waals surface area contributed by atoms with E-state index in [9.17, 15) is 0 Å². The lowest BCUT2D eigenvalue weighted by atomic mass is 10.1. The van der Waals surface area contributed by atoms with Gasteiger partial charge in [-0.1, -0.05) is 18.2 Å². The van der Waals surface area contributed by atoms with Gasteiger partial charge in [-0.2, -0.15) is 0 Å². The molecule has 0 saturated heterocycles. The van der Waals surface area contributed by atoms with Gasteiger partial charge in [-0.25, -0.2) is 0 Å². The number of hydrogen-bond acceptors (Lipinski definition) is 3. The van der Waals surface area contributed by atoms with Gasteiger partial charge < -0.3 is 15.4 Å². The summed E-state index contributed by atoms with van der Waals surface area (Å²) in [6.07, 6.45) is 0. The summed E-state index contributed by atoms with van der Waals surface area (Å²) in [5.74, 6) is 0.902. The average Bonchev–Trinajstić information content (AvgIpc) is 2.29. The monoisotopic (exact) mass is 236 g/mol. The number of ether oxygens (including phenoxy) is 1. The van der Waals surface area contributed by atoms with Crippen molar-refractivity contribution in [3.8, 4) is 5.75 Å². The minimum absolute atomic E-state index is 0.00912. The summed E-state index contributed by atoms with van der Waals surface area (Å²) in [7, 11) is 2.09. The van der Waals surface area contributed by atoms with Crippen LogP contribution in [-0.2, 0) is 0 Å². The summed E-state index contributed by atoms with van der Waals surface area (Å²) in [4.78, 5) is 2.24. The second kappa shape index (κ2) is 6.62. The van der Waals surface area contributed by atoms with Gasteiger partial charge >= 0.3 is 0 Å². The van der Waals surface area contributed by atoms with Crippen molar-refractivity contribution in [3.63, 3.8) is 0 Å². The van der Waals surface area contributed by atoms with Crippen LogP contribution < -0.4 is 10.5 Å². The fourth-order valence-corrected chi connectivity index (χ4v) is 1.69. The first-order valence-electron chi connectivity index (χ1n) is 6.23. The smallest absolute Gasteiger partial charge is 0.124 e. The Bertz CT molecular complexity index is 339. The molecule has 1 unspecified atom stereocenters. The van der Waals surface area contributed by atoms with Gasteiger partial charge in [0.05, 0.1) is 6.61 Å². The van der Waals surface area contributed by atoms with Crippen molar-refractivity contribution < 1.29 is 4.74 Å². The minimum atomic E-state index is -0.00912. The molecule has 1 rings (SSSR count). The van der Waals surface area contributed by atoms with Gasteiger partial charge in [-0.3, -0.25) is 0 Å². The van der Waals surface area contributed by atoms with Crippen molar-refractivity contribution in [2.24, 2.45) is 5.73 Å². The topological polar surface area (TPSA) is 38.5 Å². The van der Waals surface area contributed by atoms with Gasteiger partial charge in [0.15, 0.2) is 0 Å². The zero-order chi connectivity index (χ0) is 12.8. The van der Waals surface area contributed by atoms with E-state index in [1.54, 1.807) is 0 Å². The van der Waals surface area contributed by atoms with E-state index < -0.39 is 0 Å². The van der Waals surface area contributed by atoms with Crippen LogP contribution in [0.3, 0.4) is 0 Å². The van der Waals surface area contributed by atoms with Crippen molar-refractivity contribution in [2.45, 2.75) is 32.9 Å². The lowest BCUT2D eigenvalue weighted by Crippen LogP contribution is -2.34. The van der Waals surface area contributed by atoms with Crippen LogP contribution >= 0.6 is 0 Å². The number of nitrogens with two attached hydrogens (primary N) is 1. The van der Waals surface area contributed by atoms with Gasteiger partial charge in [-0.15, -0.1) is 0 Å². The quantitative estimate of drug-likeness (QED) is 0.824. The van der Waals surface area contributed by atoms with E-state index in [0.29, 0.717) is 12.6 Å². The van der Waals surface area contributed by atoms with Crippen LogP contribution in [0.1, 0.15) is 32.4 Å². The highest BCUT2D eigenvalue weighted by atomic mass is 16.5. The highest BCUT2D eigenvalue weighted by Gasteiger charge is 2.14. The molecule has 0 aliphatic heterocycles. The van der Waals surface area contributed by atoms with Crippen LogP contribution in [0.25, 0.3) is 0 Å². The Morgan fingerprint density at radius 2 is 1.94 bits per heavy atom. The van der Waals surface area contributed by atoms with E-state index in [2.05, 4.69) is 25.8 Å². The normalized spacial score (nSPS) is 13.1. The number of hydrogen-bond donors (Lipinski definition) is 1. The van der Waals surface area contributed by atoms with E-state index in [4.69, 9.17) is 10.5 Å². The van der Waals surface area contributed by atoms with E-state index in [0.717, 1.165) is 17.9 Å². The number of likely N-dealkylation sites (N-methyl/N-ethyl adjacent to an activating group) is 1. The predicted molar refractivity (Wildman–Crippen MR) is 72.3 cm³/mol. The van der Waals surface area contributed by atoms with E-state index in [1.807, 2.05) is 31.2 Å². The Balaban J connectivity index is 2.77. The zero-order valence-corrected chi connectivity index (χ0v) is 11.3. The summed E-state index contributed by atoms with van der Waals surface area (Å²) >= 11 is 0. The number of para-hydroxylation sites is 1. The predicted octanol–water partition coefficient (Wildman–Crippen LogP) is 2.43. The highest BCUT2D eigenvalue weighted by molar-refractivity contribution is 5.35. The summed E-state index contributed by atoms with van der Waals surface area (Å²) in [6.45, 7) is 7.83. The molecule has 0 saturated carbocycles. The van der Waals surface area contributed by atoms with E-state index in [1.165, 1.54) is 0 Å². The Labute approximate surface area is 105 Å². The third-order valence-electron chi connectivity index (χ3n) is 2.98. The van der Waals surface area contributed by atoms with E-state index >= 15 is 0 Å². The third-order valence-corrected chi connectivity index (χ3v) is 2.98. The first kappa shape index (κ1) is 14.0. The van der Waals surface area contributed by atoms with Gasteiger partial charge in [0.25, 0.3) is 0 Å². The lowest BCUT2D eigenvalue weighted by molar-refractivity contribution is 0.254. The lowest BCUT2D eigenvalue weighted by Gasteiger charge is -2.25. The Kier molecular flexibility index (Phi) is 5.45. The maximum atomic E-state index is 6.24. The highest BCUT2D eigenvalue weighted by Crippen LogP contribution is 2.24. The van der Waals surface area contributed by atoms with Crippen molar-refractivity contribution in [3.05, 3.63) is 29.8 Å². The van der Waals surface area contributed by atoms with Crippen LogP contribution in [-0.4, -0.2) is 31.1 Å². The molecule has 1 atom stereocenters. The molecule has 3 heteroatoms. The molecule has 0 bridgehead atoms. The second-order valence-electron chi connectivity index (χ2n) is 4.61. The zero-order valence-electron chi connectivity index (χ0n) is 11.3. The first-order valence-corrected chi connectivity index (χ1v) is 6.23. The molecule has 0 aliphatic rings. The van der Waals surface area contributed by atoms with Crippen LogP contribution in [0, 0.1) is 0 Å². The SMILES string of the molecule is CCOc1ccccc1C(N)CN(C)C(C)C. The second-order valence-corrected chi connectivity index (χ2v) is 4.61. The fourth-order valence-electron chi connectivity index (χ4n) is 1.69. The molecule has 0 spiro atoms. The van der Waals surface area contributed by atoms with Crippen molar-refractivity contribution >= 4 is 0 Å². The van der Waals surface area contributed by atoms with Crippen molar-refractivity contribution in [1.82, 2.24) is 4.90 Å². The number of nitrogens with zero attached hydrogens (tertiary/aromatic N) is 1. The Morgan fingerprint density at radius 3 is 2.53 bits per heavy atom. The summed E-state index contributed by atoms with van der Waals surface area (Å²) in [5.41, 5.74) is 7.33. The molecule has 1 aromatic carbocycles. The van der Waals surface area contributed by atoms with Gasteiger partial charge in [0.2, 0.25) is 0 Å². The third kappa shape index (κ3) is 4.02. The molecule has 2 N–H and O–H groups in total. The molecule has 3 nitrogen and oxygen atoms in total. The molecule has 0 heterocycles. The number of rotatable bonds is 6. The molecule has 17 heavy (non-hydrogen) atoms. The van der Waals surface area contributed by atoms with Crippen LogP contribution in [0.2, 0.25) is 0 Å². The molecule has 0 amide bonds. The Hall–Kier alpha value is -1.06. The first-order chi connectivity index (χ1) is 8.06. The maximum absolute atomic E-state index is 6.24. The minimum Gasteiger partial charge on any atom is -0.494 e. The van der Waals surface area contributed by atoms with Crippen LogP contribution in [0.4, 0.5) is 0 Å². The molecular formula is C14H24N2O. The molecule has 0 fully saturated rings. The molecular weight excluding hydrogens is 212 g/mol. The maximum Gasteiger partial charge on any atom is 0.124 e.